The minimum absolute atomic E-state index is 0.439. The number of likely N-dealkylation sites (N-methyl/N-ethyl adjacent to an activating group) is 1. The average molecular weight is 312 g/mol. The lowest BCUT2D eigenvalue weighted by molar-refractivity contribution is 0.336. The lowest BCUT2D eigenvalue weighted by atomic mass is 10.0. The molecule has 5 heteroatoms. The zero-order valence-electron chi connectivity index (χ0n) is 13.7. The molecule has 0 aliphatic heterocycles. The molecule has 0 heterocycles. The molecule has 0 spiro atoms. The molecule has 122 valence electrons. The molecule has 0 saturated carbocycles. The molecule has 0 bridgehead atoms. The lowest BCUT2D eigenvalue weighted by Crippen LogP contribution is -2.24. The van der Waals surface area contributed by atoms with E-state index in [-0.39, 0.29) is 0 Å². The first-order valence-electron chi connectivity index (χ1n) is 7.87. The van der Waals surface area contributed by atoms with Gasteiger partial charge in [-0.25, -0.2) is 0 Å². The molecule has 0 saturated heterocycles. The van der Waals surface area contributed by atoms with Crippen LogP contribution in [-0.2, 0) is 6.54 Å². The summed E-state index contributed by atoms with van der Waals surface area (Å²) < 4.78 is 0. The molecule has 2 aromatic rings. The van der Waals surface area contributed by atoms with Gasteiger partial charge in [0.1, 0.15) is 5.69 Å². The van der Waals surface area contributed by atoms with Crippen LogP contribution in [0.5, 0.6) is 0 Å². The van der Waals surface area contributed by atoms with Gasteiger partial charge in [0.05, 0.1) is 5.69 Å². The zero-order chi connectivity index (χ0) is 16.7. The Morgan fingerprint density at radius 3 is 2.65 bits per heavy atom. The van der Waals surface area contributed by atoms with Gasteiger partial charge in [-0.1, -0.05) is 24.3 Å². The minimum atomic E-state index is 0.439. The van der Waals surface area contributed by atoms with Crippen LogP contribution in [0.2, 0.25) is 0 Å². The third-order valence-corrected chi connectivity index (χ3v) is 3.69. The molecular weight excluding hydrogens is 288 g/mol. The third-order valence-electron chi connectivity index (χ3n) is 3.69. The van der Waals surface area contributed by atoms with Crippen LogP contribution in [0.25, 0.3) is 11.1 Å². The Labute approximate surface area is 137 Å². The number of hydrogen-bond donors (Lipinski definition) is 2. The molecule has 0 unspecified atom stereocenters. The van der Waals surface area contributed by atoms with Crippen LogP contribution in [0, 0.1) is 4.91 Å². The highest BCUT2D eigenvalue weighted by Crippen LogP contribution is 2.31. The van der Waals surface area contributed by atoms with Crippen molar-refractivity contribution in [2.75, 3.05) is 32.0 Å². The quantitative estimate of drug-likeness (QED) is 0.731. The normalized spacial score (nSPS) is 10.8. The topological polar surface area (TPSA) is 70.7 Å². The van der Waals surface area contributed by atoms with Crippen LogP contribution >= 0.6 is 0 Å². The van der Waals surface area contributed by atoms with Crippen molar-refractivity contribution < 1.29 is 0 Å². The largest absolute Gasteiger partial charge is 0.383 e. The molecule has 0 radical (unpaired) electrons. The molecule has 2 rings (SSSR count). The molecule has 23 heavy (non-hydrogen) atoms. The van der Waals surface area contributed by atoms with E-state index in [1.807, 2.05) is 19.1 Å². The summed E-state index contributed by atoms with van der Waals surface area (Å²) in [7, 11) is 2.06. The summed E-state index contributed by atoms with van der Waals surface area (Å²) in [6.45, 7) is 5.13. The van der Waals surface area contributed by atoms with Crippen molar-refractivity contribution in [1.82, 2.24) is 4.90 Å². The SMILES string of the molecule is CCNc1cc(-c2cccc(CN(C)CCN)c2)ccc1N=O. The third kappa shape index (κ3) is 4.61. The summed E-state index contributed by atoms with van der Waals surface area (Å²) in [6, 6.07) is 14.1. The number of nitroso groups, excluding NO2 is 1. The first-order valence-corrected chi connectivity index (χ1v) is 7.87. The highest BCUT2D eigenvalue weighted by Gasteiger charge is 2.07. The van der Waals surface area contributed by atoms with Crippen LogP contribution in [0.15, 0.2) is 47.6 Å². The van der Waals surface area contributed by atoms with E-state index in [4.69, 9.17) is 5.73 Å². The minimum Gasteiger partial charge on any atom is -0.383 e. The Morgan fingerprint density at radius 1 is 1.17 bits per heavy atom. The zero-order valence-corrected chi connectivity index (χ0v) is 13.7. The van der Waals surface area contributed by atoms with Gasteiger partial charge in [-0.15, -0.1) is 4.91 Å². The van der Waals surface area contributed by atoms with Crippen LogP contribution in [0.4, 0.5) is 11.4 Å². The Morgan fingerprint density at radius 2 is 1.96 bits per heavy atom. The molecule has 0 fully saturated rings. The van der Waals surface area contributed by atoms with Gasteiger partial charge in [-0.05, 0) is 54.0 Å². The van der Waals surface area contributed by atoms with Crippen molar-refractivity contribution in [2.24, 2.45) is 10.9 Å². The van der Waals surface area contributed by atoms with Crippen LogP contribution in [0.1, 0.15) is 12.5 Å². The van der Waals surface area contributed by atoms with Crippen molar-refractivity contribution >= 4 is 11.4 Å². The van der Waals surface area contributed by atoms with Gasteiger partial charge in [0.15, 0.2) is 0 Å². The molecule has 0 aromatic heterocycles. The molecule has 0 aliphatic rings. The molecule has 0 atom stereocenters. The maximum atomic E-state index is 10.9. The van der Waals surface area contributed by atoms with Crippen LogP contribution in [0.3, 0.4) is 0 Å². The Balaban J connectivity index is 2.27. The second kappa shape index (κ2) is 8.41. The predicted octanol–water partition coefficient (Wildman–Crippen LogP) is 3.57. The van der Waals surface area contributed by atoms with E-state index in [0.717, 1.165) is 36.4 Å². The highest BCUT2D eigenvalue weighted by atomic mass is 16.3. The van der Waals surface area contributed by atoms with Gasteiger partial charge in [-0.3, -0.25) is 0 Å². The van der Waals surface area contributed by atoms with E-state index in [9.17, 15) is 4.91 Å². The van der Waals surface area contributed by atoms with Crippen molar-refractivity contribution in [1.29, 1.82) is 0 Å². The maximum Gasteiger partial charge on any atom is 0.131 e. The van der Waals surface area contributed by atoms with Gasteiger partial charge < -0.3 is 16.0 Å². The summed E-state index contributed by atoms with van der Waals surface area (Å²) in [5, 5.41) is 6.26. The molecule has 3 N–H and O–H groups in total. The number of rotatable bonds is 8. The van der Waals surface area contributed by atoms with E-state index in [0.29, 0.717) is 12.2 Å². The van der Waals surface area contributed by atoms with Crippen molar-refractivity contribution in [3.05, 3.63) is 52.9 Å². The number of nitrogens with two attached hydrogens (primary N) is 1. The van der Waals surface area contributed by atoms with Crippen molar-refractivity contribution in [3.8, 4) is 11.1 Å². The molecule has 0 aliphatic carbocycles. The summed E-state index contributed by atoms with van der Waals surface area (Å²) in [5.74, 6) is 0. The number of anilines is 1. The Bertz CT molecular complexity index is 657. The van der Waals surface area contributed by atoms with E-state index in [1.165, 1.54) is 5.56 Å². The smallest absolute Gasteiger partial charge is 0.131 e. The van der Waals surface area contributed by atoms with Crippen LogP contribution < -0.4 is 11.1 Å². The second-order valence-electron chi connectivity index (χ2n) is 5.58. The van der Waals surface area contributed by atoms with Gasteiger partial charge in [0.25, 0.3) is 0 Å². The summed E-state index contributed by atoms with van der Waals surface area (Å²) in [6.07, 6.45) is 0. The highest BCUT2D eigenvalue weighted by molar-refractivity contribution is 5.76. The average Bonchev–Trinajstić information content (AvgIpc) is 2.55. The van der Waals surface area contributed by atoms with Crippen molar-refractivity contribution in [2.45, 2.75) is 13.5 Å². The van der Waals surface area contributed by atoms with Gasteiger partial charge in [-0.2, -0.15) is 0 Å². The lowest BCUT2D eigenvalue weighted by Gasteiger charge is -2.16. The number of nitrogens with zero attached hydrogens (tertiary/aromatic N) is 2. The number of benzene rings is 2. The molecule has 5 nitrogen and oxygen atoms in total. The fraction of sp³-hybridized carbons (Fsp3) is 0.333. The summed E-state index contributed by atoms with van der Waals surface area (Å²) >= 11 is 0. The molecule has 0 amide bonds. The van der Waals surface area contributed by atoms with Crippen LogP contribution in [-0.4, -0.2) is 31.6 Å². The predicted molar refractivity (Wildman–Crippen MR) is 96.9 cm³/mol. The van der Waals surface area contributed by atoms with Gasteiger partial charge in [0.2, 0.25) is 0 Å². The monoisotopic (exact) mass is 312 g/mol. The van der Waals surface area contributed by atoms with E-state index >= 15 is 0 Å². The molecule has 2 aromatic carbocycles. The summed E-state index contributed by atoms with van der Waals surface area (Å²) in [4.78, 5) is 13.1. The second-order valence-corrected chi connectivity index (χ2v) is 5.58. The first-order chi connectivity index (χ1) is 11.2. The van der Waals surface area contributed by atoms with Gasteiger partial charge >= 0.3 is 0 Å². The first kappa shape index (κ1) is 17.1. The Hall–Kier alpha value is -2.24. The Kier molecular flexibility index (Phi) is 6.26. The standard InChI is InChI=1S/C18H24N4O/c1-3-20-18-12-16(7-8-17(18)21-23)15-6-4-5-14(11-15)13-22(2)10-9-19/h4-8,11-12,20H,3,9-10,13,19H2,1-2H3. The van der Waals surface area contributed by atoms with E-state index < -0.39 is 0 Å². The fourth-order valence-corrected chi connectivity index (χ4v) is 2.59. The number of hydrogen-bond acceptors (Lipinski definition) is 5. The van der Waals surface area contributed by atoms with Crippen molar-refractivity contribution in [3.63, 3.8) is 0 Å². The molecular formula is C18H24N4O. The van der Waals surface area contributed by atoms with E-state index in [1.54, 1.807) is 6.07 Å². The van der Waals surface area contributed by atoms with Gasteiger partial charge in [0, 0.05) is 26.2 Å². The summed E-state index contributed by atoms with van der Waals surface area (Å²) in [5.41, 5.74) is 10.2. The maximum absolute atomic E-state index is 10.9. The number of nitrogens with one attached hydrogen (secondary N) is 1. The van der Waals surface area contributed by atoms with E-state index in [2.05, 4.69) is 46.7 Å². The fourth-order valence-electron chi connectivity index (χ4n) is 2.59.